The fourth-order valence-corrected chi connectivity index (χ4v) is 1.79. The van der Waals surface area contributed by atoms with E-state index >= 15 is 0 Å². The Morgan fingerprint density at radius 2 is 1.80 bits per heavy atom. The monoisotopic (exact) mass is 214 g/mol. The van der Waals surface area contributed by atoms with E-state index in [1.807, 2.05) is 0 Å². The Morgan fingerprint density at radius 1 is 1.13 bits per heavy atom. The molecule has 0 amide bonds. The Hall–Kier alpha value is -0.0800. The molecule has 92 valence electrons. The van der Waals surface area contributed by atoms with Crippen molar-refractivity contribution in [1.82, 2.24) is 10.2 Å². The van der Waals surface area contributed by atoms with Crippen LogP contribution in [0.4, 0.5) is 0 Å². The van der Waals surface area contributed by atoms with Crippen LogP contribution >= 0.6 is 0 Å². The number of nitrogens with zero attached hydrogens (tertiary/aromatic N) is 1. The van der Waals surface area contributed by atoms with E-state index in [-0.39, 0.29) is 0 Å². The minimum Gasteiger partial charge on any atom is -0.317 e. The second kappa shape index (κ2) is 9.17. The summed E-state index contributed by atoms with van der Waals surface area (Å²) >= 11 is 0. The van der Waals surface area contributed by atoms with Gasteiger partial charge in [-0.05, 0) is 45.9 Å². The second-order valence-corrected chi connectivity index (χ2v) is 4.71. The molecule has 0 aromatic rings. The van der Waals surface area contributed by atoms with Crippen molar-refractivity contribution < 1.29 is 0 Å². The zero-order valence-corrected chi connectivity index (χ0v) is 11.3. The van der Waals surface area contributed by atoms with E-state index in [4.69, 9.17) is 0 Å². The van der Waals surface area contributed by atoms with Gasteiger partial charge in [0.1, 0.15) is 0 Å². The van der Waals surface area contributed by atoms with E-state index in [0.717, 1.165) is 19.0 Å². The third-order valence-corrected chi connectivity index (χ3v) is 3.35. The van der Waals surface area contributed by atoms with Gasteiger partial charge in [0, 0.05) is 6.04 Å². The van der Waals surface area contributed by atoms with Crippen molar-refractivity contribution in [2.45, 2.75) is 53.0 Å². The van der Waals surface area contributed by atoms with Crippen LogP contribution in [0, 0.1) is 5.92 Å². The predicted molar refractivity (Wildman–Crippen MR) is 69.3 cm³/mol. The molecule has 0 aliphatic rings. The molecule has 2 atom stereocenters. The number of hydrogen-bond donors (Lipinski definition) is 1. The molecule has 0 fully saturated rings. The van der Waals surface area contributed by atoms with E-state index in [1.54, 1.807) is 0 Å². The maximum Gasteiger partial charge on any atom is 0.0102 e. The quantitative estimate of drug-likeness (QED) is 0.594. The number of rotatable bonds is 9. The highest BCUT2D eigenvalue weighted by atomic mass is 15.1. The highest BCUT2D eigenvalue weighted by Crippen LogP contribution is 2.09. The largest absolute Gasteiger partial charge is 0.317 e. The zero-order valence-electron chi connectivity index (χ0n) is 11.3. The lowest BCUT2D eigenvalue weighted by Gasteiger charge is -2.30. The van der Waals surface area contributed by atoms with Crippen molar-refractivity contribution in [2.75, 3.05) is 26.7 Å². The summed E-state index contributed by atoms with van der Waals surface area (Å²) in [6.07, 6.45) is 4.01. The highest BCUT2D eigenvalue weighted by molar-refractivity contribution is 4.71. The fourth-order valence-electron chi connectivity index (χ4n) is 1.79. The molecular formula is C13H30N2. The van der Waals surface area contributed by atoms with Crippen LogP contribution in [-0.4, -0.2) is 37.6 Å². The van der Waals surface area contributed by atoms with Crippen LogP contribution in [0.25, 0.3) is 0 Å². The standard InChI is InChI=1S/C13H30N2/c1-6-8-9-10-15(5)13(4)12(3)11-14-7-2/h12-14H,6-11H2,1-5H3. The van der Waals surface area contributed by atoms with Crippen molar-refractivity contribution in [2.24, 2.45) is 5.92 Å². The average Bonchev–Trinajstić information content (AvgIpc) is 2.24. The van der Waals surface area contributed by atoms with Crippen LogP contribution in [0.15, 0.2) is 0 Å². The molecule has 2 heteroatoms. The van der Waals surface area contributed by atoms with Crippen molar-refractivity contribution in [3.63, 3.8) is 0 Å². The molecule has 15 heavy (non-hydrogen) atoms. The molecule has 0 heterocycles. The van der Waals surface area contributed by atoms with Gasteiger partial charge in [-0.15, -0.1) is 0 Å². The van der Waals surface area contributed by atoms with Crippen LogP contribution in [0.2, 0.25) is 0 Å². The minimum absolute atomic E-state index is 0.681. The molecule has 2 unspecified atom stereocenters. The van der Waals surface area contributed by atoms with Crippen LogP contribution in [-0.2, 0) is 0 Å². The van der Waals surface area contributed by atoms with Crippen LogP contribution in [0.5, 0.6) is 0 Å². The van der Waals surface area contributed by atoms with Crippen LogP contribution < -0.4 is 5.32 Å². The van der Waals surface area contributed by atoms with Gasteiger partial charge in [-0.25, -0.2) is 0 Å². The van der Waals surface area contributed by atoms with E-state index < -0.39 is 0 Å². The van der Waals surface area contributed by atoms with Gasteiger partial charge < -0.3 is 10.2 Å². The summed E-state index contributed by atoms with van der Waals surface area (Å²) in [6, 6.07) is 0.681. The number of nitrogens with one attached hydrogen (secondary N) is 1. The Labute approximate surface area is 96.4 Å². The molecule has 0 spiro atoms. The molecule has 0 aromatic heterocycles. The normalized spacial score (nSPS) is 15.6. The number of unbranched alkanes of at least 4 members (excludes halogenated alkanes) is 2. The second-order valence-electron chi connectivity index (χ2n) is 4.71. The summed E-state index contributed by atoms with van der Waals surface area (Å²) in [5.41, 5.74) is 0. The van der Waals surface area contributed by atoms with Gasteiger partial charge in [0.15, 0.2) is 0 Å². The van der Waals surface area contributed by atoms with E-state index in [0.29, 0.717) is 6.04 Å². The van der Waals surface area contributed by atoms with Crippen molar-refractivity contribution in [3.05, 3.63) is 0 Å². The first kappa shape index (κ1) is 14.9. The average molecular weight is 214 g/mol. The topological polar surface area (TPSA) is 15.3 Å². The van der Waals surface area contributed by atoms with Gasteiger partial charge in [-0.2, -0.15) is 0 Å². The fraction of sp³-hybridized carbons (Fsp3) is 1.00. The molecule has 0 bridgehead atoms. The Morgan fingerprint density at radius 3 is 2.33 bits per heavy atom. The van der Waals surface area contributed by atoms with Crippen LogP contribution in [0.3, 0.4) is 0 Å². The van der Waals surface area contributed by atoms with E-state index in [9.17, 15) is 0 Å². The molecular weight excluding hydrogens is 184 g/mol. The van der Waals surface area contributed by atoms with Gasteiger partial charge in [-0.3, -0.25) is 0 Å². The molecule has 2 nitrogen and oxygen atoms in total. The molecule has 0 aliphatic heterocycles. The third kappa shape index (κ3) is 6.91. The highest BCUT2D eigenvalue weighted by Gasteiger charge is 2.15. The van der Waals surface area contributed by atoms with Gasteiger partial charge >= 0.3 is 0 Å². The maximum atomic E-state index is 3.42. The van der Waals surface area contributed by atoms with Gasteiger partial charge in [0.25, 0.3) is 0 Å². The lowest BCUT2D eigenvalue weighted by Crippen LogP contribution is -2.39. The maximum absolute atomic E-state index is 3.42. The first-order chi connectivity index (χ1) is 7.13. The summed E-state index contributed by atoms with van der Waals surface area (Å²) in [6.45, 7) is 12.6. The lowest BCUT2D eigenvalue weighted by molar-refractivity contribution is 0.193. The molecule has 0 radical (unpaired) electrons. The first-order valence-corrected chi connectivity index (χ1v) is 6.54. The Kier molecular flexibility index (Phi) is 9.12. The molecule has 0 aromatic carbocycles. The van der Waals surface area contributed by atoms with Gasteiger partial charge in [0.2, 0.25) is 0 Å². The van der Waals surface area contributed by atoms with Crippen molar-refractivity contribution in [3.8, 4) is 0 Å². The smallest absolute Gasteiger partial charge is 0.0102 e. The summed E-state index contributed by atoms with van der Waals surface area (Å²) in [7, 11) is 2.25. The zero-order chi connectivity index (χ0) is 11.7. The van der Waals surface area contributed by atoms with Crippen molar-refractivity contribution in [1.29, 1.82) is 0 Å². The minimum atomic E-state index is 0.681. The van der Waals surface area contributed by atoms with Crippen molar-refractivity contribution >= 4 is 0 Å². The van der Waals surface area contributed by atoms with E-state index in [2.05, 4.69) is 45.0 Å². The Balaban J connectivity index is 3.69. The van der Waals surface area contributed by atoms with Crippen LogP contribution in [0.1, 0.15) is 47.0 Å². The van der Waals surface area contributed by atoms with E-state index in [1.165, 1.54) is 25.8 Å². The molecule has 0 saturated carbocycles. The summed E-state index contributed by atoms with van der Waals surface area (Å²) < 4.78 is 0. The summed E-state index contributed by atoms with van der Waals surface area (Å²) in [5.74, 6) is 0.733. The SMILES string of the molecule is CCCCCN(C)C(C)C(C)CNCC. The molecule has 0 saturated heterocycles. The lowest BCUT2D eigenvalue weighted by atomic mass is 10.0. The third-order valence-electron chi connectivity index (χ3n) is 3.35. The molecule has 0 aliphatic carbocycles. The first-order valence-electron chi connectivity index (χ1n) is 6.54. The predicted octanol–water partition coefficient (Wildman–Crippen LogP) is 2.74. The summed E-state index contributed by atoms with van der Waals surface area (Å²) in [5, 5.41) is 3.42. The molecule has 0 rings (SSSR count). The van der Waals surface area contributed by atoms with Gasteiger partial charge in [0.05, 0.1) is 0 Å². The van der Waals surface area contributed by atoms with Gasteiger partial charge in [-0.1, -0.05) is 33.6 Å². The summed E-state index contributed by atoms with van der Waals surface area (Å²) in [4.78, 5) is 2.50. The Bertz CT molecular complexity index is 136. The number of hydrogen-bond acceptors (Lipinski definition) is 2. The molecule has 1 N–H and O–H groups in total.